The van der Waals surface area contributed by atoms with Crippen LogP contribution in [0.4, 0.5) is 5.82 Å². The zero-order valence-corrected chi connectivity index (χ0v) is 10.2. The van der Waals surface area contributed by atoms with E-state index in [0.717, 1.165) is 29.0 Å². The van der Waals surface area contributed by atoms with Gasteiger partial charge in [0.25, 0.3) is 0 Å². The second kappa shape index (κ2) is 4.14. The van der Waals surface area contributed by atoms with Gasteiger partial charge in [-0.2, -0.15) is 0 Å². The molecule has 3 heterocycles. The van der Waals surface area contributed by atoms with Crippen LogP contribution >= 0.6 is 0 Å². The van der Waals surface area contributed by atoms with E-state index in [2.05, 4.69) is 27.4 Å². The maximum atomic E-state index is 5.74. The molecule has 90 valence electrons. The number of imidazole rings is 1. The zero-order chi connectivity index (χ0) is 12.5. The molecule has 0 unspecified atom stereocenters. The molecule has 18 heavy (non-hydrogen) atoms. The quantitative estimate of drug-likeness (QED) is 0.746. The summed E-state index contributed by atoms with van der Waals surface area (Å²) in [5.74, 6) is 0.563. The van der Waals surface area contributed by atoms with Crippen LogP contribution in [-0.4, -0.2) is 14.4 Å². The highest BCUT2D eigenvalue weighted by molar-refractivity contribution is 5.67. The van der Waals surface area contributed by atoms with E-state index >= 15 is 0 Å². The second-order valence-corrected chi connectivity index (χ2v) is 4.15. The lowest BCUT2D eigenvalue weighted by atomic mass is 10.1. The predicted molar refractivity (Wildman–Crippen MR) is 72.2 cm³/mol. The Morgan fingerprint density at radius 1 is 1.22 bits per heavy atom. The lowest BCUT2D eigenvalue weighted by Gasteiger charge is -2.10. The molecule has 2 N–H and O–H groups in total. The van der Waals surface area contributed by atoms with Crippen molar-refractivity contribution < 1.29 is 0 Å². The number of aryl methyl sites for hydroxylation is 1. The Morgan fingerprint density at radius 2 is 2.11 bits per heavy atom. The first-order chi connectivity index (χ1) is 8.79. The molecule has 0 aliphatic carbocycles. The van der Waals surface area contributed by atoms with Crippen LogP contribution in [0.3, 0.4) is 0 Å². The van der Waals surface area contributed by atoms with Gasteiger partial charge in [-0.25, -0.2) is 9.97 Å². The average Bonchev–Trinajstić information content (AvgIpc) is 2.86. The van der Waals surface area contributed by atoms with Crippen LogP contribution in [0, 0.1) is 0 Å². The fraction of sp³-hybridized carbons (Fsp3) is 0.143. The number of rotatable bonds is 2. The van der Waals surface area contributed by atoms with Gasteiger partial charge in [-0.1, -0.05) is 13.0 Å². The monoisotopic (exact) mass is 238 g/mol. The maximum Gasteiger partial charge on any atom is 0.137 e. The molecule has 0 saturated carbocycles. The number of hydrogen-bond donors (Lipinski definition) is 1. The molecule has 0 spiro atoms. The SMILES string of the molecule is CCc1nc(N)ccc1-c1cccc2nccn12. The normalized spacial score (nSPS) is 10.9. The van der Waals surface area contributed by atoms with Gasteiger partial charge in [0, 0.05) is 18.0 Å². The van der Waals surface area contributed by atoms with Crippen LogP contribution in [0.15, 0.2) is 42.7 Å². The van der Waals surface area contributed by atoms with Crippen molar-refractivity contribution in [3.8, 4) is 11.3 Å². The topological polar surface area (TPSA) is 56.2 Å². The highest BCUT2D eigenvalue weighted by atomic mass is 15.0. The molecule has 3 rings (SSSR count). The summed E-state index contributed by atoms with van der Waals surface area (Å²) in [5, 5.41) is 0. The molecule has 0 radical (unpaired) electrons. The molecular formula is C14H14N4. The molecule has 0 aliphatic heterocycles. The molecule has 0 aliphatic rings. The summed E-state index contributed by atoms with van der Waals surface area (Å²) in [6.07, 6.45) is 4.61. The van der Waals surface area contributed by atoms with Gasteiger partial charge in [0.1, 0.15) is 11.5 Å². The summed E-state index contributed by atoms with van der Waals surface area (Å²) in [7, 11) is 0. The second-order valence-electron chi connectivity index (χ2n) is 4.15. The Bertz CT molecular complexity index is 700. The van der Waals surface area contributed by atoms with Gasteiger partial charge in [0.15, 0.2) is 0 Å². The number of nitrogen functional groups attached to an aromatic ring is 1. The van der Waals surface area contributed by atoms with Crippen LogP contribution in [0.1, 0.15) is 12.6 Å². The van der Waals surface area contributed by atoms with Crippen LogP contribution in [-0.2, 0) is 6.42 Å². The molecule has 0 amide bonds. The van der Waals surface area contributed by atoms with Gasteiger partial charge < -0.3 is 5.73 Å². The van der Waals surface area contributed by atoms with Crippen LogP contribution in [0.25, 0.3) is 16.9 Å². The smallest absolute Gasteiger partial charge is 0.137 e. The van der Waals surface area contributed by atoms with Crippen molar-refractivity contribution in [2.45, 2.75) is 13.3 Å². The minimum atomic E-state index is 0.563. The molecule has 0 aromatic carbocycles. The summed E-state index contributed by atoms with van der Waals surface area (Å²) < 4.78 is 2.06. The standard InChI is InChI=1S/C14H14N4/c1-2-11-10(6-7-13(15)17-11)12-4-3-5-14-16-8-9-18(12)14/h3-9H,2H2,1H3,(H2,15,17). The minimum Gasteiger partial charge on any atom is -0.384 e. The van der Waals surface area contributed by atoms with Crippen LogP contribution in [0.2, 0.25) is 0 Å². The third-order valence-corrected chi connectivity index (χ3v) is 3.03. The van der Waals surface area contributed by atoms with Gasteiger partial charge in [0.2, 0.25) is 0 Å². The van der Waals surface area contributed by atoms with Crippen molar-refractivity contribution in [2.75, 3.05) is 5.73 Å². The Hall–Kier alpha value is -2.36. The Balaban J connectivity index is 2.29. The molecule has 0 atom stereocenters. The molecule has 0 fully saturated rings. The Morgan fingerprint density at radius 3 is 2.94 bits per heavy atom. The summed E-state index contributed by atoms with van der Waals surface area (Å²) in [6.45, 7) is 2.08. The van der Waals surface area contributed by atoms with E-state index in [0.29, 0.717) is 5.82 Å². The van der Waals surface area contributed by atoms with E-state index in [-0.39, 0.29) is 0 Å². The number of hydrogen-bond acceptors (Lipinski definition) is 3. The maximum absolute atomic E-state index is 5.74. The van der Waals surface area contributed by atoms with Crippen LogP contribution in [0.5, 0.6) is 0 Å². The lowest BCUT2D eigenvalue weighted by molar-refractivity contribution is 1.03. The first-order valence-corrected chi connectivity index (χ1v) is 5.97. The van der Waals surface area contributed by atoms with Crippen molar-refractivity contribution in [3.63, 3.8) is 0 Å². The number of anilines is 1. The highest BCUT2D eigenvalue weighted by Gasteiger charge is 2.09. The van der Waals surface area contributed by atoms with E-state index in [9.17, 15) is 0 Å². The minimum absolute atomic E-state index is 0.563. The molecule has 4 heteroatoms. The van der Waals surface area contributed by atoms with Crippen molar-refractivity contribution in [1.82, 2.24) is 14.4 Å². The van der Waals surface area contributed by atoms with Gasteiger partial charge in [0.05, 0.1) is 11.4 Å². The van der Waals surface area contributed by atoms with E-state index in [1.54, 1.807) is 6.20 Å². The van der Waals surface area contributed by atoms with Crippen molar-refractivity contribution in [2.24, 2.45) is 0 Å². The van der Waals surface area contributed by atoms with Gasteiger partial charge in [-0.3, -0.25) is 4.40 Å². The lowest BCUT2D eigenvalue weighted by Crippen LogP contribution is -2.00. The Labute approximate surface area is 105 Å². The van der Waals surface area contributed by atoms with E-state index < -0.39 is 0 Å². The van der Waals surface area contributed by atoms with Gasteiger partial charge >= 0.3 is 0 Å². The molecule has 3 aromatic rings. The first kappa shape index (κ1) is 10.8. The number of nitrogens with zero attached hydrogens (tertiary/aromatic N) is 3. The van der Waals surface area contributed by atoms with E-state index in [4.69, 9.17) is 5.73 Å². The van der Waals surface area contributed by atoms with E-state index in [1.807, 2.05) is 30.5 Å². The van der Waals surface area contributed by atoms with Gasteiger partial charge in [-0.15, -0.1) is 0 Å². The fourth-order valence-corrected chi connectivity index (χ4v) is 2.19. The predicted octanol–water partition coefficient (Wildman–Crippen LogP) is 2.54. The zero-order valence-electron chi connectivity index (χ0n) is 10.2. The molecular weight excluding hydrogens is 224 g/mol. The molecule has 4 nitrogen and oxygen atoms in total. The molecule has 3 aromatic heterocycles. The largest absolute Gasteiger partial charge is 0.384 e. The number of aromatic nitrogens is 3. The number of pyridine rings is 2. The summed E-state index contributed by atoms with van der Waals surface area (Å²) in [5.41, 5.74) is 9.89. The van der Waals surface area contributed by atoms with Crippen molar-refractivity contribution in [3.05, 3.63) is 48.4 Å². The summed E-state index contributed by atoms with van der Waals surface area (Å²) in [4.78, 5) is 8.70. The van der Waals surface area contributed by atoms with E-state index in [1.165, 1.54) is 0 Å². The third kappa shape index (κ3) is 1.62. The number of fused-ring (bicyclic) bond motifs is 1. The first-order valence-electron chi connectivity index (χ1n) is 5.97. The summed E-state index contributed by atoms with van der Waals surface area (Å²) in [6, 6.07) is 9.93. The number of nitrogens with two attached hydrogens (primary N) is 1. The summed E-state index contributed by atoms with van der Waals surface area (Å²) >= 11 is 0. The van der Waals surface area contributed by atoms with Crippen LogP contribution < -0.4 is 5.73 Å². The van der Waals surface area contributed by atoms with Gasteiger partial charge in [-0.05, 0) is 30.7 Å². The Kier molecular flexibility index (Phi) is 2.48. The highest BCUT2D eigenvalue weighted by Crippen LogP contribution is 2.24. The van der Waals surface area contributed by atoms with Crippen molar-refractivity contribution >= 4 is 11.5 Å². The third-order valence-electron chi connectivity index (χ3n) is 3.03. The van der Waals surface area contributed by atoms with Crippen molar-refractivity contribution in [1.29, 1.82) is 0 Å². The molecule has 0 saturated heterocycles. The fourth-order valence-electron chi connectivity index (χ4n) is 2.19. The molecule has 0 bridgehead atoms. The average molecular weight is 238 g/mol.